The van der Waals surface area contributed by atoms with Gasteiger partial charge in [0.15, 0.2) is 0 Å². The van der Waals surface area contributed by atoms with Gasteiger partial charge in [0, 0.05) is 24.4 Å². The van der Waals surface area contributed by atoms with Crippen LogP contribution in [0.3, 0.4) is 0 Å². The molecule has 3 aromatic carbocycles. The van der Waals surface area contributed by atoms with Gasteiger partial charge in [-0.1, -0.05) is 54.6 Å². The third-order valence-electron chi connectivity index (χ3n) is 5.37. The van der Waals surface area contributed by atoms with E-state index in [0.717, 1.165) is 17.2 Å². The number of hydrogen-bond acceptors (Lipinski definition) is 3. The van der Waals surface area contributed by atoms with Crippen molar-refractivity contribution in [2.45, 2.75) is 13.8 Å². The second kappa shape index (κ2) is 8.59. The first-order valence-corrected chi connectivity index (χ1v) is 10.2. The zero-order valence-electron chi connectivity index (χ0n) is 17.7. The average molecular weight is 428 g/mol. The standard InChI is InChI=1S/C26H21FN2O3/c1-3-29(16(2)30)25-23(26(31)32)21-15-20(27)13-14-22(21)28-24(25)19-11-9-18(10-12-19)17-7-5-4-6-8-17/h4-15H,3H2,1-2H3,(H,31,32). The van der Waals surface area contributed by atoms with Crippen molar-refractivity contribution >= 4 is 28.5 Å². The van der Waals surface area contributed by atoms with Crippen molar-refractivity contribution in [3.8, 4) is 22.4 Å². The molecule has 0 atom stereocenters. The lowest BCUT2D eigenvalue weighted by molar-refractivity contribution is -0.116. The Morgan fingerprint density at radius 2 is 1.56 bits per heavy atom. The van der Waals surface area contributed by atoms with Crippen LogP contribution in [-0.2, 0) is 4.79 Å². The third-order valence-corrected chi connectivity index (χ3v) is 5.37. The molecular weight excluding hydrogens is 407 g/mol. The first kappa shape index (κ1) is 21.2. The van der Waals surface area contributed by atoms with E-state index in [2.05, 4.69) is 4.98 Å². The van der Waals surface area contributed by atoms with E-state index in [-0.39, 0.29) is 29.1 Å². The number of nitrogens with zero attached hydrogens (tertiary/aromatic N) is 2. The number of carbonyl (C=O) groups excluding carboxylic acids is 1. The van der Waals surface area contributed by atoms with Crippen LogP contribution in [-0.4, -0.2) is 28.5 Å². The Morgan fingerprint density at radius 1 is 0.938 bits per heavy atom. The largest absolute Gasteiger partial charge is 0.478 e. The van der Waals surface area contributed by atoms with Crippen molar-refractivity contribution in [1.82, 2.24) is 4.98 Å². The summed E-state index contributed by atoms with van der Waals surface area (Å²) in [5.41, 5.74) is 3.43. The summed E-state index contributed by atoms with van der Waals surface area (Å²) < 4.78 is 14.0. The van der Waals surface area contributed by atoms with Crippen LogP contribution in [0.4, 0.5) is 10.1 Å². The van der Waals surface area contributed by atoms with Gasteiger partial charge in [-0.25, -0.2) is 14.2 Å². The lowest BCUT2D eigenvalue weighted by atomic mass is 9.98. The molecular formula is C26H21FN2O3. The summed E-state index contributed by atoms with van der Waals surface area (Å²) in [6.07, 6.45) is 0. The highest BCUT2D eigenvalue weighted by molar-refractivity contribution is 6.13. The fourth-order valence-electron chi connectivity index (χ4n) is 3.90. The lowest BCUT2D eigenvalue weighted by Crippen LogP contribution is -2.30. The summed E-state index contributed by atoms with van der Waals surface area (Å²) in [5.74, 6) is -2.15. The molecule has 0 bridgehead atoms. The van der Waals surface area contributed by atoms with E-state index in [4.69, 9.17) is 0 Å². The number of amides is 1. The molecule has 5 nitrogen and oxygen atoms in total. The van der Waals surface area contributed by atoms with Crippen LogP contribution < -0.4 is 4.90 Å². The van der Waals surface area contributed by atoms with Crippen LogP contribution in [0.15, 0.2) is 72.8 Å². The molecule has 1 heterocycles. The molecule has 0 unspecified atom stereocenters. The molecule has 6 heteroatoms. The molecule has 1 aromatic heterocycles. The number of halogens is 1. The number of aromatic nitrogens is 1. The molecule has 0 aliphatic rings. The van der Waals surface area contributed by atoms with E-state index >= 15 is 0 Å². The maximum atomic E-state index is 14.0. The Bertz CT molecular complexity index is 1320. The summed E-state index contributed by atoms with van der Waals surface area (Å²) in [7, 11) is 0. The van der Waals surface area contributed by atoms with Gasteiger partial charge in [-0.15, -0.1) is 0 Å². The number of rotatable bonds is 5. The minimum Gasteiger partial charge on any atom is -0.478 e. The minimum absolute atomic E-state index is 0.145. The Hall–Kier alpha value is -4.06. The Morgan fingerprint density at radius 3 is 2.16 bits per heavy atom. The Labute approximate surface area is 184 Å². The monoisotopic (exact) mass is 428 g/mol. The van der Waals surface area contributed by atoms with Crippen molar-refractivity contribution in [3.05, 3.63) is 84.2 Å². The van der Waals surface area contributed by atoms with Gasteiger partial charge in [-0.2, -0.15) is 0 Å². The average Bonchev–Trinajstić information content (AvgIpc) is 2.79. The molecule has 4 aromatic rings. The van der Waals surface area contributed by atoms with Crippen molar-refractivity contribution < 1.29 is 19.1 Å². The zero-order chi connectivity index (χ0) is 22.8. The molecule has 32 heavy (non-hydrogen) atoms. The molecule has 0 radical (unpaired) electrons. The van der Waals surface area contributed by atoms with E-state index in [1.165, 1.54) is 24.0 Å². The number of benzene rings is 3. The van der Waals surface area contributed by atoms with Gasteiger partial charge in [-0.05, 0) is 36.2 Å². The predicted octanol–water partition coefficient (Wildman–Crippen LogP) is 5.78. The quantitative estimate of drug-likeness (QED) is 0.437. The van der Waals surface area contributed by atoms with Gasteiger partial charge in [0.25, 0.3) is 0 Å². The first-order valence-electron chi connectivity index (χ1n) is 10.2. The number of aromatic carboxylic acids is 1. The molecule has 1 N–H and O–H groups in total. The zero-order valence-corrected chi connectivity index (χ0v) is 17.7. The smallest absolute Gasteiger partial charge is 0.338 e. The Kier molecular flexibility index (Phi) is 5.69. The van der Waals surface area contributed by atoms with Crippen LogP contribution in [0.2, 0.25) is 0 Å². The summed E-state index contributed by atoms with van der Waals surface area (Å²) in [6, 6.07) is 21.2. The highest BCUT2D eigenvalue weighted by atomic mass is 19.1. The Balaban J connectivity index is 2.00. The van der Waals surface area contributed by atoms with E-state index < -0.39 is 11.8 Å². The summed E-state index contributed by atoms with van der Waals surface area (Å²) in [4.78, 5) is 30.8. The number of pyridine rings is 1. The van der Waals surface area contributed by atoms with Crippen LogP contribution in [0.5, 0.6) is 0 Å². The van der Waals surface area contributed by atoms with Gasteiger partial charge in [-0.3, -0.25) is 4.79 Å². The highest BCUT2D eigenvalue weighted by Crippen LogP contribution is 2.38. The molecule has 4 rings (SSSR count). The van der Waals surface area contributed by atoms with Gasteiger partial charge in [0.1, 0.15) is 5.82 Å². The van der Waals surface area contributed by atoms with Crippen molar-refractivity contribution in [2.75, 3.05) is 11.4 Å². The topological polar surface area (TPSA) is 70.5 Å². The van der Waals surface area contributed by atoms with Gasteiger partial charge >= 0.3 is 5.97 Å². The third kappa shape index (κ3) is 3.83. The number of carboxylic acids is 1. The van der Waals surface area contributed by atoms with Crippen molar-refractivity contribution in [2.24, 2.45) is 0 Å². The molecule has 0 aliphatic heterocycles. The van der Waals surface area contributed by atoms with E-state index in [0.29, 0.717) is 16.8 Å². The van der Waals surface area contributed by atoms with Crippen LogP contribution in [0.25, 0.3) is 33.3 Å². The van der Waals surface area contributed by atoms with Crippen molar-refractivity contribution in [3.63, 3.8) is 0 Å². The number of carboxylic acid groups (broad SMARTS) is 1. The fourth-order valence-corrected chi connectivity index (χ4v) is 3.90. The second-order valence-electron chi connectivity index (χ2n) is 7.36. The summed E-state index contributed by atoms with van der Waals surface area (Å²) in [6.45, 7) is 3.37. The number of fused-ring (bicyclic) bond motifs is 1. The van der Waals surface area contributed by atoms with Crippen LogP contribution in [0.1, 0.15) is 24.2 Å². The number of hydrogen-bond donors (Lipinski definition) is 1. The molecule has 0 saturated heterocycles. The van der Waals surface area contributed by atoms with E-state index in [1.807, 2.05) is 54.6 Å². The normalized spacial score (nSPS) is 10.8. The first-order chi connectivity index (χ1) is 15.4. The molecule has 0 spiro atoms. The summed E-state index contributed by atoms with van der Waals surface area (Å²) in [5, 5.41) is 10.2. The molecule has 0 saturated carbocycles. The summed E-state index contributed by atoms with van der Waals surface area (Å²) >= 11 is 0. The number of anilines is 1. The maximum absolute atomic E-state index is 14.0. The number of carbonyl (C=O) groups is 2. The second-order valence-corrected chi connectivity index (χ2v) is 7.36. The molecule has 0 aliphatic carbocycles. The maximum Gasteiger partial charge on any atom is 0.338 e. The minimum atomic E-state index is -1.25. The van der Waals surface area contributed by atoms with Gasteiger partial charge in [0.05, 0.1) is 22.5 Å². The van der Waals surface area contributed by atoms with Gasteiger partial charge in [0.2, 0.25) is 5.91 Å². The highest BCUT2D eigenvalue weighted by Gasteiger charge is 2.27. The molecule has 1 amide bonds. The van der Waals surface area contributed by atoms with Gasteiger partial charge < -0.3 is 10.0 Å². The molecule has 160 valence electrons. The van der Waals surface area contributed by atoms with E-state index in [1.54, 1.807) is 6.92 Å². The molecule has 0 fully saturated rings. The fraction of sp³-hybridized carbons (Fsp3) is 0.115. The van der Waals surface area contributed by atoms with Crippen LogP contribution in [0, 0.1) is 5.82 Å². The lowest BCUT2D eigenvalue weighted by Gasteiger charge is -2.25. The van der Waals surface area contributed by atoms with Crippen LogP contribution >= 0.6 is 0 Å². The van der Waals surface area contributed by atoms with Crippen molar-refractivity contribution in [1.29, 1.82) is 0 Å². The SMILES string of the molecule is CCN(C(C)=O)c1c(-c2ccc(-c3ccccc3)cc2)nc2ccc(F)cc2c1C(=O)O. The predicted molar refractivity (Wildman–Crippen MR) is 123 cm³/mol. The van der Waals surface area contributed by atoms with E-state index in [9.17, 15) is 19.1 Å².